The van der Waals surface area contributed by atoms with E-state index < -0.39 is 5.91 Å². The minimum absolute atomic E-state index is 0.371. The van der Waals surface area contributed by atoms with Gasteiger partial charge in [-0.3, -0.25) is 14.9 Å². The molecular formula is C12H7N3O2S. The maximum Gasteiger partial charge on any atom is 0.258 e. The van der Waals surface area contributed by atoms with Crippen LogP contribution in [0.1, 0.15) is 21.6 Å². The summed E-state index contributed by atoms with van der Waals surface area (Å²) in [6.07, 6.45) is 1.63. The molecule has 2 aromatic rings. The molecule has 0 fully saturated rings. The van der Waals surface area contributed by atoms with E-state index in [4.69, 9.17) is 0 Å². The molecule has 6 heteroatoms. The second-order valence-electron chi connectivity index (χ2n) is 3.72. The zero-order chi connectivity index (χ0) is 12.5. The highest BCUT2D eigenvalue weighted by molar-refractivity contribution is 7.03. The molecule has 0 radical (unpaired) electrons. The van der Waals surface area contributed by atoms with Crippen LogP contribution in [0.2, 0.25) is 0 Å². The summed E-state index contributed by atoms with van der Waals surface area (Å²) in [6, 6.07) is 6.98. The molecule has 0 spiro atoms. The Bertz CT molecular complexity index is 662. The number of benzene rings is 1. The van der Waals surface area contributed by atoms with Crippen molar-refractivity contribution in [1.82, 2.24) is 14.9 Å². The van der Waals surface area contributed by atoms with E-state index in [2.05, 4.69) is 14.9 Å². The summed E-state index contributed by atoms with van der Waals surface area (Å²) in [5.41, 5.74) is 2.15. The Balaban J connectivity index is 2.18. The van der Waals surface area contributed by atoms with Crippen LogP contribution in [0.3, 0.4) is 0 Å². The Morgan fingerprint density at radius 2 is 1.89 bits per heavy atom. The predicted octanol–water partition coefficient (Wildman–Crippen LogP) is 1.35. The number of hydrogen-bond acceptors (Lipinski definition) is 5. The van der Waals surface area contributed by atoms with Gasteiger partial charge in [-0.2, -0.15) is 0 Å². The molecule has 0 atom stereocenters. The molecular weight excluding hydrogens is 250 g/mol. The van der Waals surface area contributed by atoms with Gasteiger partial charge in [0.2, 0.25) is 0 Å². The number of carbonyl (C=O) groups excluding carboxylic acids is 2. The molecule has 0 aliphatic carbocycles. The Morgan fingerprint density at radius 3 is 2.61 bits per heavy atom. The molecule has 0 unspecified atom stereocenters. The Labute approximate surface area is 106 Å². The number of amides is 2. The zero-order valence-corrected chi connectivity index (χ0v) is 9.90. The molecule has 0 bridgehead atoms. The molecule has 1 aliphatic rings. The van der Waals surface area contributed by atoms with Crippen molar-refractivity contribution in [2.24, 2.45) is 0 Å². The topological polar surface area (TPSA) is 72.0 Å². The summed E-state index contributed by atoms with van der Waals surface area (Å²) in [6.45, 7) is 0. The third-order valence-electron chi connectivity index (χ3n) is 2.60. The lowest BCUT2D eigenvalue weighted by atomic mass is 9.94. The number of fused-ring (bicyclic) bond motifs is 1. The fourth-order valence-electron chi connectivity index (χ4n) is 1.80. The first-order chi connectivity index (χ1) is 8.75. The fraction of sp³-hybridized carbons (Fsp3) is 0. The third kappa shape index (κ3) is 1.72. The first-order valence-electron chi connectivity index (χ1n) is 5.19. The lowest BCUT2D eigenvalue weighted by molar-refractivity contribution is -0.114. The molecule has 5 nitrogen and oxygen atoms in total. The van der Waals surface area contributed by atoms with Gasteiger partial charge in [-0.15, -0.1) is 5.10 Å². The summed E-state index contributed by atoms with van der Waals surface area (Å²) < 4.78 is 3.73. The van der Waals surface area contributed by atoms with Crippen LogP contribution in [0, 0.1) is 0 Å². The molecule has 1 aromatic carbocycles. The van der Waals surface area contributed by atoms with Crippen molar-refractivity contribution in [3.8, 4) is 0 Å². The van der Waals surface area contributed by atoms with Gasteiger partial charge in [0, 0.05) is 16.5 Å². The maximum absolute atomic E-state index is 11.8. The van der Waals surface area contributed by atoms with Crippen molar-refractivity contribution >= 4 is 35.0 Å². The second kappa shape index (κ2) is 4.15. The van der Waals surface area contributed by atoms with E-state index in [1.807, 2.05) is 0 Å². The third-order valence-corrected chi connectivity index (χ3v) is 3.13. The SMILES string of the molecule is O=C1NC(=O)c2ccccc2C1=Cc1csnn1. The molecule has 2 amide bonds. The van der Waals surface area contributed by atoms with E-state index in [-0.39, 0.29) is 5.91 Å². The number of nitrogens with zero attached hydrogens (tertiary/aromatic N) is 2. The lowest BCUT2D eigenvalue weighted by Crippen LogP contribution is -2.36. The maximum atomic E-state index is 11.8. The molecule has 0 saturated heterocycles. The summed E-state index contributed by atoms with van der Waals surface area (Å²) in [4.78, 5) is 23.5. The standard InChI is InChI=1S/C12H7N3O2S/c16-11-9-4-2-1-3-8(9)10(12(17)13-11)5-7-6-18-15-14-7/h1-6H,(H,13,16,17). The zero-order valence-electron chi connectivity index (χ0n) is 9.08. The molecule has 1 aliphatic heterocycles. The molecule has 2 heterocycles. The Kier molecular flexibility index (Phi) is 2.49. The van der Waals surface area contributed by atoms with E-state index in [0.717, 1.165) is 0 Å². The van der Waals surface area contributed by atoms with Crippen LogP contribution in [0.25, 0.3) is 11.6 Å². The predicted molar refractivity (Wildman–Crippen MR) is 66.7 cm³/mol. The van der Waals surface area contributed by atoms with Gasteiger partial charge in [-0.05, 0) is 23.7 Å². The normalized spacial score (nSPS) is 16.6. The van der Waals surface area contributed by atoms with Crippen molar-refractivity contribution in [2.75, 3.05) is 0 Å². The van der Waals surface area contributed by atoms with Gasteiger partial charge >= 0.3 is 0 Å². The largest absolute Gasteiger partial charge is 0.288 e. The van der Waals surface area contributed by atoms with Gasteiger partial charge in [-0.25, -0.2) is 0 Å². The van der Waals surface area contributed by atoms with Crippen LogP contribution < -0.4 is 5.32 Å². The average molecular weight is 257 g/mol. The average Bonchev–Trinajstić information content (AvgIpc) is 2.87. The minimum atomic E-state index is -0.410. The van der Waals surface area contributed by atoms with Gasteiger partial charge < -0.3 is 0 Å². The number of aromatic nitrogens is 2. The highest BCUT2D eigenvalue weighted by Gasteiger charge is 2.26. The Hall–Kier alpha value is -2.34. The molecule has 3 rings (SSSR count). The number of nitrogens with one attached hydrogen (secondary N) is 1. The molecule has 1 N–H and O–H groups in total. The van der Waals surface area contributed by atoms with Gasteiger partial charge in [0.25, 0.3) is 11.8 Å². The first-order valence-corrected chi connectivity index (χ1v) is 6.03. The molecule has 1 aromatic heterocycles. The van der Waals surface area contributed by atoms with E-state index in [1.165, 1.54) is 11.5 Å². The van der Waals surface area contributed by atoms with Crippen LogP contribution in [0.4, 0.5) is 0 Å². The lowest BCUT2D eigenvalue weighted by Gasteiger charge is -2.17. The number of carbonyl (C=O) groups is 2. The van der Waals surface area contributed by atoms with Gasteiger partial charge in [-0.1, -0.05) is 22.7 Å². The van der Waals surface area contributed by atoms with E-state index in [9.17, 15) is 9.59 Å². The highest BCUT2D eigenvalue weighted by Crippen LogP contribution is 2.25. The van der Waals surface area contributed by atoms with E-state index in [0.29, 0.717) is 22.4 Å². The van der Waals surface area contributed by atoms with E-state index in [1.54, 1.807) is 35.7 Å². The quantitative estimate of drug-likeness (QED) is 0.618. The van der Waals surface area contributed by atoms with Gasteiger partial charge in [0.05, 0.1) is 11.3 Å². The summed E-state index contributed by atoms with van der Waals surface area (Å²) in [7, 11) is 0. The summed E-state index contributed by atoms with van der Waals surface area (Å²) >= 11 is 1.21. The van der Waals surface area contributed by atoms with Gasteiger partial charge in [0.1, 0.15) is 0 Å². The van der Waals surface area contributed by atoms with Crippen LogP contribution in [-0.2, 0) is 4.79 Å². The highest BCUT2D eigenvalue weighted by atomic mass is 32.1. The van der Waals surface area contributed by atoms with Crippen molar-refractivity contribution in [3.63, 3.8) is 0 Å². The fourth-order valence-corrected chi connectivity index (χ4v) is 2.21. The summed E-state index contributed by atoms with van der Waals surface area (Å²) in [5.74, 6) is -0.782. The summed E-state index contributed by atoms with van der Waals surface area (Å²) in [5, 5.41) is 7.91. The molecule has 18 heavy (non-hydrogen) atoms. The smallest absolute Gasteiger partial charge is 0.258 e. The monoisotopic (exact) mass is 257 g/mol. The van der Waals surface area contributed by atoms with E-state index >= 15 is 0 Å². The molecule has 0 saturated carbocycles. The van der Waals surface area contributed by atoms with Crippen molar-refractivity contribution in [2.45, 2.75) is 0 Å². The van der Waals surface area contributed by atoms with Crippen molar-refractivity contribution in [1.29, 1.82) is 0 Å². The number of hydrogen-bond donors (Lipinski definition) is 1. The van der Waals surface area contributed by atoms with Crippen LogP contribution >= 0.6 is 11.5 Å². The van der Waals surface area contributed by atoms with Gasteiger partial charge in [0.15, 0.2) is 0 Å². The van der Waals surface area contributed by atoms with Crippen LogP contribution in [0.15, 0.2) is 29.6 Å². The minimum Gasteiger partial charge on any atom is -0.288 e. The second-order valence-corrected chi connectivity index (χ2v) is 4.33. The first kappa shape index (κ1) is 10.8. The number of rotatable bonds is 1. The molecule has 88 valence electrons. The van der Waals surface area contributed by atoms with Crippen LogP contribution in [-0.4, -0.2) is 21.4 Å². The van der Waals surface area contributed by atoms with Crippen LogP contribution in [0.5, 0.6) is 0 Å². The Morgan fingerprint density at radius 1 is 1.11 bits per heavy atom. The van der Waals surface area contributed by atoms with Crippen molar-refractivity contribution < 1.29 is 9.59 Å². The van der Waals surface area contributed by atoms with Crippen molar-refractivity contribution in [3.05, 3.63) is 46.5 Å². The number of imide groups is 1.